The van der Waals surface area contributed by atoms with Gasteiger partial charge in [-0.15, -0.1) is 0 Å². The van der Waals surface area contributed by atoms with E-state index in [-0.39, 0.29) is 22.8 Å². The molecule has 4 rings (SSSR count). The fourth-order valence-electron chi connectivity index (χ4n) is 3.28. The molecule has 1 heterocycles. The molecule has 0 aliphatic carbocycles. The third-order valence-electron chi connectivity index (χ3n) is 4.82. The first-order valence-electron chi connectivity index (χ1n) is 9.41. The zero-order valence-electron chi connectivity index (χ0n) is 16.6. The van der Waals surface area contributed by atoms with E-state index in [1.165, 1.54) is 6.07 Å². The second-order valence-electron chi connectivity index (χ2n) is 7.23. The van der Waals surface area contributed by atoms with Crippen molar-refractivity contribution in [1.82, 2.24) is 0 Å². The molecule has 6 nitrogen and oxygen atoms in total. The quantitative estimate of drug-likeness (QED) is 0.448. The molecule has 0 radical (unpaired) electrons. The molecule has 0 unspecified atom stereocenters. The normalized spacial score (nSPS) is 11.6. The topological polar surface area (TPSA) is 102 Å². The Morgan fingerprint density at radius 3 is 2.45 bits per heavy atom. The van der Waals surface area contributed by atoms with E-state index in [2.05, 4.69) is 5.32 Å². The van der Waals surface area contributed by atoms with E-state index in [0.29, 0.717) is 27.4 Å². The van der Waals surface area contributed by atoms with Crippen molar-refractivity contribution in [2.24, 2.45) is 5.14 Å². The number of carbonyl (C=O) groups is 1. The highest BCUT2D eigenvalue weighted by molar-refractivity contribution is 7.89. The zero-order chi connectivity index (χ0) is 22.2. The summed E-state index contributed by atoms with van der Waals surface area (Å²) in [5.74, 6) is 0.162. The molecule has 0 spiro atoms. The van der Waals surface area contributed by atoms with E-state index < -0.39 is 10.0 Å². The number of sulfonamides is 1. The van der Waals surface area contributed by atoms with Gasteiger partial charge in [0.2, 0.25) is 15.9 Å². The molecule has 3 aromatic carbocycles. The highest BCUT2D eigenvalue weighted by Gasteiger charge is 2.20. The predicted molar refractivity (Wildman–Crippen MR) is 122 cm³/mol. The number of anilines is 1. The number of hydrogen-bond donors (Lipinski definition) is 2. The van der Waals surface area contributed by atoms with Crippen molar-refractivity contribution in [2.75, 3.05) is 5.32 Å². The van der Waals surface area contributed by atoms with E-state index in [4.69, 9.17) is 21.2 Å². The summed E-state index contributed by atoms with van der Waals surface area (Å²) >= 11 is 6.12. The molecule has 0 saturated carbocycles. The summed E-state index contributed by atoms with van der Waals surface area (Å²) < 4.78 is 30.2. The molecule has 0 aliphatic rings. The van der Waals surface area contributed by atoms with Crippen LogP contribution < -0.4 is 10.5 Å². The van der Waals surface area contributed by atoms with Crippen molar-refractivity contribution in [1.29, 1.82) is 0 Å². The van der Waals surface area contributed by atoms with Gasteiger partial charge in [-0.1, -0.05) is 59.6 Å². The number of halogens is 1. The van der Waals surface area contributed by atoms with Gasteiger partial charge in [-0.05, 0) is 36.8 Å². The Bertz CT molecular complexity index is 1390. The highest BCUT2D eigenvalue weighted by Crippen LogP contribution is 2.34. The standard InChI is InChI=1S/C23H19ClN2O4S/c1-14-6-8-15(9-7-14)20-11-17-10-18(13-21(23(17)30-20)31(25,28)29)26-22(27)12-16-4-2-3-5-19(16)24/h2-11,13H,12H2,1H3,(H,26,27)(H2,25,28,29). The minimum atomic E-state index is -4.10. The van der Waals surface area contributed by atoms with Crippen molar-refractivity contribution in [3.05, 3.63) is 82.9 Å². The lowest BCUT2D eigenvalue weighted by Gasteiger charge is -2.08. The molecule has 0 saturated heterocycles. The van der Waals surface area contributed by atoms with E-state index >= 15 is 0 Å². The van der Waals surface area contributed by atoms with Crippen LogP contribution in [0.3, 0.4) is 0 Å². The molecule has 0 fully saturated rings. The van der Waals surface area contributed by atoms with E-state index in [1.807, 2.05) is 31.2 Å². The van der Waals surface area contributed by atoms with Crippen LogP contribution in [0.2, 0.25) is 5.02 Å². The summed E-state index contributed by atoms with van der Waals surface area (Å²) in [6.45, 7) is 1.97. The number of hydrogen-bond acceptors (Lipinski definition) is 4. The monoisotopic (exact) mass is 454 g/mol. The average molecular weight is 455 g/mol. The fourth-order valence-corrected chi connectivity index (χ4v) is 4.20. The van der Waals surface area contributed by atoms with Gasteiger partial charge in [-0.2, -0.15) is 0 Å². The fraction of sp³-hybridized carbons (Fsp3) is 0.0870. The molecule has 1 aromatic heterocycles. The van der Waals surface area contributed by atoms with Gasteiger partial charge >= 0.3 is 0 Å². The first-order chi connectivity index (χ1) is 14.7. The van der Waals surface area contributed by atoms with Gasteiger partial charge in [0.1, 0.15) is 10.7 Å². The van der Waals surface area contributed by atoms with Gasteiger partial charge in [0.15, 0.2) is 5.58 Å². The number of amides is 1. The van der Waals surface area contributed by atoms with Crippen LogP contribution in [0.15, 0.2) is 76.0 Å². The van der Waals surface area contributed by atoms with Crippen LogP contribution in [0, 0.1) is 6.92 Å². The third kappa shape index (κ3) is 4.64. The molecule has 0 aliphatic heterocycles. The van der Waals surface area contributed by atoms with Crippen LogP contribution in [0.5, 0.6) is 0 Å². The largest absolute Gasteiger partial charge is 0.455 e. The van der Waals surface area contributed by atoms with Crippen LogP contribution in [-0.2, 0) is 21.2 Å². The highest BCUT2D eigenvalue weighted by atomic mass is 35.5. The Kier molecular flexibility index (Phi) is 5.58. The second-order valence-corrected chi connectivity index (χ2v) is 9.17. The lowest BCUT2D eigenvalue weighted by Crippen LogP contribution is -2.16. The maximum Gasteiger partial charge on any atom is 0.241 e. The van der Waals surface area contributed by atoms with Crippen molar-refractivity contribution >= 4 is 44.2 Å². The van der Waals surface area contributed by atoms with Gasteiger partial charge in [0, 0.05) is 21.7 Å². The number of primary sulfonamides is 1. The Labute approximate surface area is 184 Å². The minimum Gasteiger partial charge on any atom is -0.455 e. The maximum atomic E-state index is 12.5. The van der Waals surface area contributed by atoms with Gasteiger partial charge < -0.3 is 9.73 Å². The minimum absolute atomic E-state index is 0.0441. The number of nitrogens with one attached hydrogen (secondary N) is 1. The van der Waals surface area contributed by atoms with Crippen LogP contribution in [0.4, 0.5) is 5.69 Å². The Hall–Kier alpha value is -3.13. The molecule has 4 aromatic rings. The van der Waals surface area contributed by atoms with Gasteiger partial charge in [-0.25, -0.2) is 13.6 Å². The zero-order valence-corrected chi connectivity index (χ0v) is 18.1. The number of fused-ring (bicyclic) bond motifs is 1. The van der Waals surface area contributed by atoms with Crippen molar-refractivity contribution in [3.8, 4) is 11.3 Å². The summed E-state index contributed by atoms with van der Waals surface area (Å²) in [5.41, 5.74) is 2.99. The van der Waals surface area contributed by atoms with Crippen LogP contribution in [-0.4, -0.2) is 14.3 Å². The van der Waals surface area contributed by atoms with E-state index in [0.717, 1.165) is 11.1 Å². The molecule has 0 bridgehead atoms. The molecular formula is C23H19ClN2O4S. The summed E-state index contributed by atoms with van der Waals surface area (Å²) in [7, 11) is -4.10. The summed E-state index contributed by atoms with van der Waals surface area (Å²) in [6.07, 6.45) is 0.0441. The van der Waals surface area contributed by atoms with Crippen LogP contribution >= 0.6 is 11.6 Å². The van der Waals surface area contributed by atoms with Gasteiger partial charge in [0.25, 0.3) is 0 Å². The average Bonchev–Trinajstić information content (AvgIpc) is 3.13. The molecule has 0 atom stereocenters. The van der Waals surface area contributed by atoms with Crippen molar-refractivity contribution in [2.45, 2.75) is 18.2 Å². The van der Waals surface area contributed by atoms with Crippen LogP contribution in [0.1, 0.15) is 11.1 Å². The Balaban J connectivity index is 1.72. The number of furan rings is 1. The number of benzene rings is 3. The molecular weight excluding hydrogens is 436 g/mol. The lowest BCUT2D eigenvalue weighted by atomic mass is 10.1. The summed E-state index contributed by atoms with van der Waals surface area (Å²) in [6, 6.07) is 19.3. The molecule has 1 amide bonds. The maximum absolute atomic E-state index is 12.5. The second kappa shape index (κ2) is 8.19. The SMILES string of the molecule is Cc1ccc(-c2cc3cc(NC(=O)Cc4ccccc4Cl)cc(S(N)(=O)=O)c3o2)cc1. The smallest absolute Gasteiger partial charge is 0.241 e. The number of carbonyl (C=O) groups excluding carboxylic acids is 1. The van der Waals surface area contributed by atoms with E-state index in [9.17, 15) is 13.2 Å². The van der Waals surface area contributed by atoms with E-state index in [1.54, 1.807) is 36.4 Å². The summed E-state index contributed by atoms with van der Waals surface area (Å²) in [4.78, 5) is 12.3. The third-order valence-corrected chi connectivity index (χ3v) is 6.10. The molecule has 31 heavy (non-hydrogen) atoms. The van der Waals surface area contributed by atoms with Crippen LogP contribution in [0.25, 0.3) is 22.3 Å². The van der Waals surface area contributed by atoms with Gasteiger partial charge in [0.05, 0.1) is 6.42 Å². The molecule has 8 heteroatoms. The lowest BCUT2D eigenvalue weighted by molar-refractivity contribution is -0.115. The predicted octanol–water partition coefficient (Wildman–Crippen LogP) is 4.89. The Morgan fingerprint density at radius 1 is 1.06 bits per heavy atom. The first-order valence-corrected chi connectivity index (χ1v) is 11.3. The Morgan fingerprint density at radius 2 is 1.77 bits per heavy atom. The molecule has 158 valence electrons. The summed E-state index contributed by atoms with van der Waals surface area (Å²) in [5, 5.41) is 9.13. The van der Waals surface area contributed by atoms with Gasteiger partial charge in [-0.3, -0.25) is 4.79 Å². The number of nitrogens with two attached hydrogens (primary N) is 1. The van der Waals surface area contributed by atoms with Crippen molar-refractivity contribution in [3.63, 3.8) is 0 Å². The first kappa shape index (κ1) is 21.1. The molecule has 3 N–H and O–H groups in total. The van der Waals surface area contributed by atoms with Crippen molar-refractivity contribution < 1.29 is 17.6 Å². The number of rotatable bonds is 5. The number of aryl methyl sites for hydroxylation is 1.